The van der Waals surface area contributed by atoms with Crippen molar-refractivity contribution in [2.45, 2.75) is 0 Å². The molecule has 1 aliphatic heterocycles. The van der Waals surface area contributed by atoms with Crippen molar-refractivity contribution < 1.29 is 55.6 Å². The fourth-order valence-corrected chi connectivity index (χ4v) is 15.5. The maximum atomic E-state index is 6.99. The molecule has 0 fully saturated rings. The van der Waals surface area contributed by atoms with Crippen LogP contribution in [-0.2, 0) is 0 Å². The Morgan fingerprint density at radius 1 is 0.333 bits per heavy atom. The molecule has 0 bridgehead atoms. The summed E-state index contributed by atoms with van der Waals surface area (Å²) in [6, 6.07) is 42.0. The van der Waals surface area contributed by atoms with Gasteiger partial charge in [0, 0.05) is 4.86 Å². The van der Waals surface area contributed by atoms with Crippen molar-refractivity contribution in [2.75, 3.05) is 42.7 Å². The summed E-state index contributed by atoms with van der Waals surface area (Å²) in [4.78, 5) is 7.02. The molecule has 0 aliphatic carbocycles. The molecule has 0 saturated carbocycles. The molecular formula is C42H44N3O12P3+2. The molecule has 7 rings (SSSR count). The van der Waals surface area contributed by atoms with E-state index in [2.05, 4.69) is 9.72 Å². The summed E-state index contributed by atoms with van der Waals surface area (Å²) in [5, 5.41) is 0. The molecule has 312 valence electrons. The van der Waals surface area contributed by atoms with Crippen molar-refractivity contribution in [1.29, 1.82) is 0 Å². The number of nitrogens with one attached hydrogen (secondary N) is 2. The number of hydrogen-bond donors (Lipinski definition) is 2. The van der Waals surface area contributed by atoms with Crippen LogP contribution in [0.3, 0.4) is 0 Å². The number of methoxy groups -OCH3 is 6. The minimum atomic E-state index is -4.00. The van der Waals surface area contributed by atoms with Gasteiger partial charge in [-0.05, 0) is 146 Å². The fraction of sp³-hybridized carbons (Fsp3) is 0.143. The van der Waals surface area contributed by atoms with Gasteiger partial charge in [-0.1, -0.05) is 0 Å². The lowest BCUT2D eigenvalue weighted by Crippen LogP contribution is -2.41. The number of hydrogen-bond acceptors (Lipinski definition) is 15. The van der Waals surface area contributed by atoms with Crippen LogP contribution in [0.15, 0.2) is 150 Å². The predicted octanol–water partition coefficient (Wildman–Crippen LogP) is 11.0. The van der Waals surface area contributed by atoms with Gasteiger partial charge >= 0.3 is 23.7 Å². The third kappa shape index (κ3) is 10.4. The van der Waals surface area contributed by atoms with Crippen molar-refractivity contribution in [2.24, 2.45) is 4.52 Å². The van der Waals surface area contributed by atoms with Gasteiger partial charge in [0.05, 0.1) is 47.2 Å². The molecule has 1 heterocycles. The van der Waals surface area contributed by atoms with Crippen LogP contribution < -0.4 is 65.3 Å². The summed E-state index contributed by atoms with van der Waals surface area (Å²) in [6.45, 7) is 0. The zero-order valence-corrected chi connectivity index (χ0v) is 36.2. The van der Waals surface area contributed by atoms with E-state index in [1.807, 2.05) is 0 Å². The van der Waals surface area contributed by atoms with E-state index >= 15 is 0 Å². The van der Waals surface area contributed by atoms with Crippen LogP contribution in [0.1, 0.15) is 0 Å². The fourth-order valence-electron chi connectivity index (χ4n) is 5.53. The molecular weight excluding hydrogens is 831 g/mol. The topological polar surface area (TPSA) is 147 Å². The zero-order valence-electron chi connectivity index (χ0n) is 33.5. The van der Waals surface area contributed by atoms with Crippen LogP contribution in [0.5, 0.6) is 69.0 Å². The van der Waals surface area contributed by atoms with Crippen LogP contribution in [0.4, 0.5) is 0 Å². The Kier molecular flexibility index (Phi) is 13.2. The van der Waals surface area contributed by atoms with Crippen molar-refractivity contribution in [3.8, 4) is 69.0 Å². The molecule has 6 aromatic rings. The molecule has 0 spiro atoms. The van der Waals surface area contributed by atoms with Gasteiger partial charge in [0.25, 0.3) is 0 Å². The Morgan fingerprint density at radius 2 is 0.567 bits per heavy atom. The molecule has 0 saturated heterocycles. The molecule has 0 amide bonds. The first-order valence-electron chi connectivity index (χ1n) is 18.2. The Bertz CT molecular complexity index is 2200. The van der Waals surface area contributed by atoms with Crippen molar-refractivity contribution in [1.82, 2.24) is 9.72 Å². The maximum Gasteiger partial charge on any atom is 0.617 e. The Labute approximate surface area is 349 Å². The van der Waals surface area contributed by atoms with Crippen LogP contribution in [0.2, 0.25) is 0 Å². The molecule has 2 N–H and O–H groups in total. The van der Waals surface area contributed by atoms with Crippen molar-refractivity contribution in [3.63, 3.8) is 0 Å². The monoisotopic (exact) mass is 875 g/mol. The molecule has 15 nitrogen and oxygen atoms in total. The quantitative estimate of drug-likeness (QED) is 0.0789. The summed E-state index contributed by atoms with van der Waals surface area (Å²) in [5.74, 6) is 5.94. The van der Waals surface area contributed by atoms with Gasteiger partial charge in [-0.15, -0.1) is 0 Å². The van der Waals surface area contributed by atoms with E-state index in [0.29, 0.717) is 69.0 Å². The van der Waals surface area contributed by atoms with Crippen molar-refractivity contribution in [3.05, 3.63) is 146 Å². The molecule has 60 heavy (non-hydrogen) atoms. The van der Waals surface area contributed by atoms with Gasteiger partial charge in [0.15, 0.2) is 23.0 Å². The van der Waals surface area contributed by atoms with E-state index in [1.54, 1.807) is 188 Å². The second-order valence-electron chi connectivity index (χ2n) is 12.5. The maximum absolute atomic E-state index is 6.99. The van der Waals surface area contributed by atoms with E-state index in [1.165, 1.54) is 0 Å². The number of ether oxygens (including phenoxy) is 6. The molecule has 18 heteroatoms. The highest BCUT2D eigenvalue weighted by atomic mass is 31.3. The lowest BCUT2D eigenvalue weighted by Gasteiger charge is -2.34. The minimum Gasteiger partial charge on any atom is -0.497 e. The number of benzene rings is 6. The molecule has 1 aliphatic rings. The van der Waals surface area contributed by atoms with Gasteiger partial charge in [-0.2, -0.15) is 0 Å². The summed E-state index contributed by atoms with van der Waals surface area (Å²) in [6.07, 6.45) is 0. The average molecular weight is 876 g/mol. The standard InChI is InChI=1S/C42H44N3O12P3/c1-46-31-7-19-37(20-8-31)52-58(53-38-21-9-32(47-2)10-22-38)43-59(54-39-23-11-33(48-3)12-24-39,55-40-25-13-34(49-4)14-26-40)45-60(44-58,56-41-27-15-35(50-5)16-28-41)57-42-29-17-36(51-6)18-30-42/h7-30,43-44H,1-6H3/q+2. The normalized spacial score (nSPS) is 14.6. The van der Waals surface area contributed by atoms with Crippen LogP contribution in [0, 0.1) is 0 Å². The van der Waals surface area contributed by atoms with Gasteiger partial charge in [0.1, 0.15) is 50.9 Å². The van der Waals surface area contributed by atoms with Gasteiger partial charge in [0.2, 0.25) is 0 Å². The smallest absolute Gasteiger partial charge is 0.497 e. The summed E-state index contributed by atoms with van der Waals surface area (Å²) >= 11 is 0. The van der Waals surface area contributed by atoms with Crippen molar-refractivity contribution >= 4 is 23.7 Å². The molecule has 0 radical (unpaired) electrons. The van der Waals surface area contributed by atoms with Gasteiger partial charge in [-0.3, -0.25) is 18.1 Å². The highest BCUT2D eigenvalue weighted by molar-refractivity contribution is 7.89. The molecule has 0 aromatic heterocycles. The Hall–Kier alpha value is -6.07. The second kappa shape index (κ2) is 18.9. The van der Waals surface area contributed by atoms with Gasteiger partial charge < -0.3 is 37.5 Å². The second-order valence-corrected chi connectivity index (χ2v) is 19.1. The summed E-state index contributed by atoms with van der Waals surface area (Å²) in [7, 11) is -2.42. The Balaban J connectivity index is 1.49. The highest BCUT2D eigenvalue weighted by Crippen LogP contribution is 2.80. The van der Waals surface area contributed by atoms with Crippen LogP contribution >= 0.6 is 23.7 Å². The van der Waals surface area contributed by atoms with Crippen LogP contribution in [-0.4, -0.2) is 42.7 Å². The third-order valence-corrected chi connectivity index (χ3v) is 17.3. The zero-order chi connectivity index (χ0) is 42.0. The first kappa shape index (κ1) is 42.1. The summed E-state index contributed by atoms with van der Waals surface area (Å²) < 4.78 is 79.9. The summed E-state index contributed by atoms with van der Waals surface area (Å²) in [5.41, 5.74) is 0. The van der Waals surface area contributed by atoms with Crippen LogP contribution in [0.25, 0.3) is 0 Å². The van der Waals surface area contributed by atoms with E-state index in [0.717, 1.165) is 0 Å². The number of nitrogens with zero attached hydrogens (tertiary/aromatic N) is 1. The average Bonchev–Trinajstić information content (AvgIpc) is 3.27. The predicted molar refractivity (Wildman–Crippen MR) is 231 cm³/mol. The van der Waals surface area contributed by atoms with E-state index in [9.17, 15) is 0 Å². The minimum absolute atomic E-state index is 0.370. The molecule has 6 aromatic carbocycles. The van der Waals surface area contributed by atoms with E-state index in [-0.39, 0.29) is 0 Å². The number of rotatable bonds is 18. The SMILES string of the molecule is COc1ccc(OP2(Oc3ccc(OC)cc3)=N[P+](Oc3ccc(OC)cc3)(Oc3ccc(OC)cc3)N[P+](Oc3ccc(OC)cc3)(Oc3ccc(OC)cc3)N2)cc1. The van der Waals surface area contributed by atoms with Gasteiger partial charge in [-0.25, -0.2) is 0 Å². The first-order valence-corrected chi connectivity index (χ1v) is 23.0. The molecule has 0 unspecified atom stereocenters. The Morgan fingerprint density at radius 3 is 0.833 bits per heavy atom. The van der Waals surface area contributed by atoms with E-state index < -0.39 is 23.7 Å². The molecule has 0 atom stereocenters. The first-order chi connectivity index (χ1) is 29.2. The highest BCUT2D eigenvalue weighted by Gasteiger charge is 2.75. The largest absolute Gasteiger partial charge is 0.617 e. The lowest BCUT2D eigenvalue weighted by atomic mass is 10.3. The third-order valence-electron chi connectivity index (χ3n) is 8.49. The lowest BCUT2D eigenvalue weighted by molar-refractivity contribution is 0.395. The van der Waals surface area contributed by atoms with E-state index in [4.69, 9.17) is 60.1 Å².